The zero-order chi connectivity index (χ0) is 25.7. The van der Waals surface area contributed by atoms with Crippen molar-refractivity contribution >= 4 is 17.4 Å². The molecule has 0 radical (unpaired) electrons. The van der Waals surface area contributed by atoms with Gasteiger partial charge >= 0.3 is 0 Å². The van der Waals surface area contributed by atoms with Crippen molar-refractivity contribution < 1.29 is 19.4 Å². The smallest absolute Gasteiger partial charge is 0.295 e. The van der Waals surface area contributed by atoms with E-state index in [2.05, 4.69) is 11.9 Å². The Hall–Kier alpha value is -3.93. The Morgan fingerprint density at radius 2 is 1.83 bits per heavy atom. The zero-order valence-electron chi connectivity index (χ0n) is 21.0. The van der Waals surface area contributed by atoms with Gasteiger partial charge < -0.3 is 14.7 Å². The molecule has 36 heavy (non-hydrogen) atoms. The van der Waals surface area contributed by atoms with Gasteiger partial charge in [0.2, 0.25) is 0 Å². The molecule has 186 valence electrons. The fraction of sp³-hybridized carbons (Fsp3) is 0.300. The number of ketones is 1. The number of Topliss-reactive ketones (excluding diaryl/α,β-unsaturated/α-hetero) is 1. The number of aliphatic hydroxyl groups is 1. The highest BCUT2D eigenvalue weighted by atomic mass is 16.5. The summed E-state index contributed by atoms with van der Waals surface area (Å²) < 4.78 is 5.77. The average Bonchev–Trinajstić information content (AvgIpc) is 3.14. The Balaban J connectivity index is 1.71. The first kappa shape index (κ1) is 25.2. The zero-order valence-corrected chi connectivity index (χ0v) is 21.0. The van der Waals surface area contributed by atoms with E-state index in [4.69, 9.17) is 4.74 Å². The maximum absolute atomic E-state index is 13.3. The van der Waals surface area contributed by atoms with Gasteiger partial charge in [0.05, 0.1) is 18.2 Å². The van der Waals surface area contributed by atoms with Crippen molar-refractivity contribution in [2.75, 3.05) is 6.61 Å². The molecule has 0 saturated carbocycles. The van der Waals surface area contributed by atoms with E-state index in [0.717, 1.165) is 36.0 Å². The van der Waals surface area contributed by atoms with Crippen LogP contribution >= 0.6 is 0 Å². The Morgan fingerprint density at radius 1 is 1.06 bits per heavy atom. The van der Waals surface area contributed by atoms with Crippen molar-refractivity contribution in [3.05, 3.63) is 100 Å². The van der Waals surface area contributed by atoms with Crippen LogP contribution in [-0.4, -0.2) is 33.3 Å². The van der Waals surface area contributed by atoms with Gasteiger partial charge in [-0.1, -0.05) is 49.6 Å². The third-order valence-corrected chi connectivity index (χ3v) is 6.53. The van der Waals surface area contributed by atoms with Gasteiger partial charge in [0.15, 0.2) is 0 Å². The number of likely N-dealkylation sites (tertiary alicyclic amines) is 1. The van der Waals surface area contributed by atoms with Crippen LogP contribution in [0.3, 0.4) is 0 Å². The normalized spacial score (nSPS) is 17.0. The van der Waals surface area contributed by atoms with E-state index >= 15 is 0 Å². The molecule has 6 heteroatoms. The van der Waals surface area contributed by atoms with Crippen LogP contribution in [0.2, 0.25) is 0 Å². The maximum atomic E-state index is 13.3. The van der Waals surface area contributed by atoms with Crippen LogP contribution in [0.5, 0.6) is 5.75 Å². The molecule has 2 heterocycles. The van der Waals surface area contributed by atoms with Gasteiger partial charge in [-0.05, 0) is 67.3 Å². The van der Waals surface area contributed by atoms with E-state index in [1.54, 1.807) is 42.7 Å². The predicted octanol–water partition coefficient (Wildman–Crippen LogP) is 5.89. The molecule has 1 aliphatic rings. The average molecular weight is 485 g/mol. The van der Waals surface area contributed by atoms with Gasteiger partial charge in [0.25, 0.3) is 11.7 Å². The molecule has 1 amide bonds. The summed E-state index contributed by atoms with van der Waals surface area (Å²) in [4.78, 5) is 32.3. The minimum Gasteiger partial charge on any atom is -0.507 e. The summed E-state index contributed by atoms with van der Waals surface area (Å²) in [6.07, 6.45) is 6.48. The quantitative estimate of drug-likeness (QED) is 0.177. The van der Waals surface area contributed by atoms with Gasteiger partial charge in [-0.3, -0.25) is 14.6 Å². The molecular weight excluding hydrogens is 452 g/mol. The molecule has 4 rings (SSSR count). The van der Waals surface area contributed by atoms with Gasteiger partial charge in [0, 0.05) is 24.5 Å². The van der Waals surface area contributed by atoms with E-state index in [-0.39, 0.29) is 17.9 Å². The highest BCUT2D eigenvalue weighted by Gasteiger charge is 2.46. The molecule has 1 N–H and O–H groups in total. The fourth-order valence-electron chi connectivity index (χ4n) is 4.49. The van der Waals surface area contributed by atoms with Crippen LogP contribution in [0.1, 0.15) is 60.0 Å². The number of aliphatic hydroxyl groups excluding tert-OH is 1. The standard InChI is InChI=1S/C30H32N2O4/c1-4-5-6-16-36-25-13-11-22(12-14-25)28(33)26-27(23-8-7-15-31-18-23)32(30(35)29(26)34)19-24-17-20(2)9-10-21(24)3/h7-15,17-18,27,33H,4-6,16,19H2,1-3H3/b28-26+. The molecule has 1 unspecified atom stereocenters. The number of hydrogen-bond acceptors (Lipinski definition) is 5. The van der Waals surface area contributed by atoms with Crippen molar-refractivity contribution in [3.8, 4) is 5.75 Å². The van der Waals surface area contributed by atoms with E-state index < -0.39 is 17.7 Å². The van der Waals surface area contributed by atoms with Crippen LogP contribution in [0.15, 0.2) is 72.6 Å². The van der Waals surface area contributed by atoms with Crippen LogP contribution < -0.4 is 4.74 Å². The van der Waals surface area contributed by atoms with Crippen LogP contribution in [0, 0.1) is 13.8 Å². The van der Waals surface area contributed by atoms with Crippen molar-refractivity contribution in [2.24, 2.45) is 0 Å². The number of carbonyl (C=O) groups is 2. The summed E-state index contributed by atoms with van der Waals surface area (Å²) in [7, 11) is 0. The van der Waals surface area contributed by atoms with E-state index in [1.165, 1.54) is 4.90 Å². The molecule has 6 nitrogen and oxygen atoms in total. The Labute approximate surface area is 212 Å². The summed E-state index contributed by atoms with van der Waals surface area (Å²) in [5.74, 6) is -0.848. The summed E-state index contributed by atoms with van der Waals surface area (Å²) in [5.41, 5.74) is 4.24. The molecule has 1 aromatic heterocycles. The van der Waals surface area contributed by atoms with Crippen LogP contribution in [-0.2, 0) is 16.1 Å². The van der Waals surface area contributed by atoms with E-state index in [0.29, 0.717) is 23.5 Å². The molecule has 2 aromatic carbocycles. The Bertz CT molecular complexity index is 1270. The molecule has 0 aliphatic carbocycles. The first-order valence-corrected chi connectivity index (χ1v) is 12.4. The number of rotatable bonds is 9. The van der Waals surface area contributed by atoms with Gasteiger partial charge in [0.1, 0.15) is 11.5 Å². The molecule has 1 atom stereocenters. The van der Waals surface area contributed by atoms with Crippen molar-refractivity contribution in [1.82, 2.24) is 9.88 Å². The number of amides is 1. The van der Waals surface area contributed by atoms with Crippen LogP contribution in [0.4, 0.5) is 0 Å². The highest BCUT2D eigenvalue weighted by molar-refractivity contribution is 6.46. The van der Waals surface area contributed by atoms with E-state index in [9.17, 15) is 14.7 Å². The lowest BCUT2D eigenvalue weighted by Gasteiger charge is -2.26. The van der Waals surface area contributed by atoms with Crippen molar-refractivity contribution in [3.63, 3.8) is 0 Å². The number of nitrogens with zero attached hydrogens (tertiary/aromatic N) is 2. The first-order valence-electron chi connectivity index (χ1n) is 12.4. The highest BCUT2D eigenvalue weighted by Crippen LogP contribution is 2.40. The van der Waals surface area contributed by atoms with Crippen LogP contribution in [0.25, 0.3) is 5.76 Å². The predicted molar refractivity (Wildman–Crippen MR) is 139 cm³/mol. The number of ether oxygens (including phenoxy) is 1. The SMILES string of the molecule is CCCCCOc1ccc(/C(O)=C2\C(=O)C(=O)N(Cc3cc(C)ccc3C)C2c2cccnc2)cc1. The lowest BCUT2D eigenvalue weighted by molar-refractivity contribution is -0.140. The molecule has 1 fully saturated rings. The summed E-state index contributed by atoms with van der Waals surface area (Å²) in [5, 5.41) is 11.3. The molecule has 1 saturated heterocycles. The van der Waals surface area contributed by atoms with Gasteiger partial charge in [-0.2, -0.15) is 0 Å². The lowest BCUT2D eigenvalue weighted by atomic mass is 9.96. The molecule has 0 bridgehead atoms. The van der Waals surface area contributed by atoms with E-state index in [1.807, 2.05) is 38.1 Å². The van der Waals surface area contributed by atoms with Gasteiger partial charge in [-0.15, -0.1) is 0 Å². The van der Waals surface area contributed by atoms with Gasteiger partial charge in [-0.25, -0.2) is 0 Å². The number of benzene rings is 2. The summed E-state index contributed by atoms with van der Waals surface area (Å²) in [6.45, 7) is 6.99. The Morgan fingerprint density at radius 3 is 2.53 bits per heavy atom. The third kappa shape index (κ3) is 5.33. The summed E-state index contributed by atoms with van der Waals surface area (Å²) in [6, 6.07) is 15.8. The van der Waals surface area contributed by atoms with Crippen molar-refractivity contribution in [2.45, 2.75) is 52.6 Å². The number of carbonyl (C=O) groups excluding carboxylic acids is 2. The maximum Gasteiger partial charge on any atom is 0.295 e. The third-order valence-electron chi connectivity index (χ3n) is 6.53. The molecule has 0 spiro atoms. The molecule has 1 aliphatic heterocycles. The fourth-order valence-corrected chi connectivity index (χ4v) is 4.49. The number of pyridine rings is 1. The topological polar surface area (TPSA) is 79.7 Å². The summed E-state index contributed by atoms with van der Waals surface area (Å²) >= 11 is 0. The second-order valence-corrected chi connectivity index (χ2v) is 9.22. The minimum atomic E-state index is -0.747. The molecular formula is C30H32N2O4. The minimum absolute atomic E-state index is 0.0647. The lowest BCUT2D eigenvalue weighted by Crippen LogP contribution is -2.29. The Kier molecular flexibility index (Phi) is 7.84. The largest absolute Gasteiger partial charge is 0.507 e. The number of unbranched alkanes of at least 4 members (excludes halogenated alkanes) is 2. The second-order valence-electron chi connectivity index (χ2n) is 9.22. The second kappa shape index (κ2) is 11.2. The molecule has 3 aromatic rings. The van der Waals surface area contributed by atoms with Crippen molar-refractivity contribution in [1.29, 1.82) is 0 Å². The first-order chi connectivity index (χ1) is 17.4. The number of aromatic nitrogens is 1. The monoisotopic (exact) mass is 484 g/mol. The number of aryl methyl sites for hydroxylation is 2. The number of hydrogen-bond donors (Lipinski definition) is 1.